The number of rotatable bonds is 6. The molecule has 3 rings (SSSR count). The van der Waals surface area contributed by atoms with Crippen molar-refractivity contribution in [2.45, 2.75) is 51.2 Å². The van der Waals surface area contributed by atoms with Crippen LogP contribution in [-0.4, -0.2) is 50.4 Å². The van der Waals surface area contributed by atoms with Crippen LogP contribution in [0.2, 0.25) is 0 Å². The summed E-state index contributed by atoms with van der Waals surface area (Å²) in [5, 5.41) is 22.0. The zero-order valence-electron chi connectivity index (χ0n) is 17.9. The third-order valence-electron chi connectivity index (χ3n) is 5.71. The van der Waals surface area contributed by atoms with Gasteiger partial charge in [-0.1, -0.05) is 0 Å². The Balaban J connectivity index is 1.95. The summed E-state index contributed by atoms with van der Waals surface area (Å²) in [6, 6.07) is 2.65. The van der Waals surface area contributed by atoms with Crippen LogP contribution in [0.3, 0.4) is 0 Å². The normalized spacial score (nSPS) is 15.1. The van der Waals surface area contributed by atoms with Crippen LogP contribution in [0.1, 0.15) is 45.4 Å². The van der Waals surface area contributed by atoms with E-state index in [1.54, 1.807) is 0 Å². The highest BCUT2D eigenvalue weighted by Gasteiger charge is 2.57. The van der Waals surface area contributed by atoms with E-state index in [2.05, 4.69) is 5.32 Å². The molecule has 0 saturated heterocycles. The highest BCUT2D eigenvalue weighted by Crippen LogP contribution is 2.34. The van der Waals surface area contributed by atoms with Gasteiger partial charge in [-0.3, -0.25) is 14.4 Å². The van der Waals surface area contributed by atoms with Gasteiger partial charge in [0.2, 0.25) is 0 Å². The predicted molar refractivity (Wildman–Crippen MR) is 107 cm³/mol. The zero-order valence-corrected chi connectivity index (χ0v) is 17.9. The van der Waals surface area contributed by atoms with Gasteiger partial charge in [-0.05, 0) is 44.4 Å². The van der Waals surface area contributed by atoms with Crippen molar-refractivity contribution in [1.82, 2.24) is 9.88 Å². The molecule has 0 saturated carbocycles. The summed E-state index contributed by atoms with van der Waals surface area (Å²) in [4.78, 5) is 38.2. The Bertz CT molecular complexity index is 1170. The Morgan fingerprint density at radius 2 is 1.76 bits per heavy atom. The minimum absolute atomic E-state index is 0.00630. The Morgan fingerprint density at radius 3 is 2.32 bits per heavy atom. The Hall–Kier alpha value is -3.32. The van der Waals surface area contributed by atoms with E-state index < -0.39 is 47.2 Å². The molecule has 2 amide bonds. The first kappa shape index (κ1) is 25.3. The highest BCUT2D eigenvalue weighted by atomic mass is 19.4. The van der Waals surface area contributed by atoms with Gasteiger partial charge < -0.3 is 25.4 Å². The van der Waals surface area contributed by atoms with Crippen molar-refractivity contribution < 1.29 is 46.5 Å². The number of aliphatic hydroxyl groups excluding tert-OH is 1. The molecule has 4 N–H and O–H groups in total. The number of halogens is 5. The molecule has 0 bridgehead atoms. The quantitative estimate of drug-likeness (QED) is 0.215. The van der Waals surface area contributed by atoms with Crippen LogP contribution >= 0.6 is 0 Å². The molecule has 8 nitrogen and oxygen atoms in total. The molecule has 1 aliphatic heterocycles. The van der Waals surface area contributed by atoms with E-state index in [0.717, 1.165) is 18.2 Å². The van der Waals surface area contributed by atoms with E-state index in [1.807, 2.05) is 0 Å². The summed E-state index contributed by atoms with van der Waals surface area (Å²) >= 11 is 0. The molecule has 1 unspecified atom stereocenters. The number of nitrogens with one attached hydrogen (secondary N) is 2. The fourth-order valence-electron chi connectivity index (χ4n) is 3.76. The fraction of sp³-hybridized carbons (Fsp3) is 0.381. The van der Waals surface area contributed by atoms with Crippen molar-refractivity contribution >= 4 is 23.3 Å². The molecule has 13 heteroatoms. The first-order valence-corrected chi connectivity index (χ1v) is 9.97. The van der Waals surface area contributed by atoms with E-state index in [-0.39, 0.29) is 41.2 Å². The standard InChI is InChI=1S/C21H20F5N3O5/c1-9-14(16(30)18(32)28-20(2,19(33)34)21(24,25)26)13-4-3-7-29(13)15(9)17(31)27-10-5-6-11(22)12(23)8-10/h5-6,8,19,33-34H,3-4,7H2,1-2H3,(H,27,31)(H,28,32). The SMILES string of the molecule is Cc1c(C(=O)C(=O)NC(C)(C(O)O)C(F)(F)F)c2n(c1C(=O)Nc1ccc(F)c(F)c1)CCC2. The van der Waals surface area contributed by atoms with E-state index in [1.165, 1.54) is 16.8 Å². The second-order valence-electron chi connectivity index (χ2n) is 7.99. The van der Waals surface area contributed by atoms with E-state index in [9.17, 15) is 46.5 Å². The zero-order chi connectivity index (χ0) is 25.6. The first-order chi connectivity index (χ1) is 15.7. The van der Waals surface area contributed by atoms with Gasteiger partial charge in [0.05, 0.1) is 5.56 Å². The van der Waals surface area contributed by atoms with Crippen LogP contribution < -0.4 is 10.6 Å². The lowest BCUT2D eigenvalue weighted by atomic mass is 9.98. The van der Waals surface area contributed by atoms with Crippen molar-refractivity contribution in [3.05, 3.63) is 52.3 Å². The number of carbonyl (C=O) groups is 3. The maximum absolute atomic E-state index is 13.5. The van der Waals surface area contributed by atoms with Crippen molar-refractivity contribution in [2.24, 2.45) is 0 Å². The van der Waals surface area contributed by atoms with Crippen molar-refractivity contribution in [3.63, 3.8) is 0 Å². The van der Waals surface area contributed by atoms with Gasteiger partial charge in [-0.25, -0.2) is 8.78 Å². The summed E-state index contributed by atoms with van der Waals surface area (Å²) < 4.78 is 67.9. The molecular weight excluding hydrogens is 469 g/mol. The van der Waals surface area contributed by atoms with Crippen LogP contribution in [0.25, 0.3) is 0 Å². The maximum Gasteiger partial charge on any atom is 0.416 e. The number of fused-ring (bicyclic) bond motifs is 1. The van der Waals surface area contributed by atoms with Gasteiger partial charge >= 0.3 is 6.18 Å². The van der Waals surface area contributed by atoms with Gasteiger partial charge in [-0.2, -0.15) is 13.2 Å². The van der Waals surface area contributed by atoms with Crippen LogP contribution in [0, 0.1) is 18.6 Å². The molecular formula is C21H20F5N3O5. The van der Waals surface area contributed by atoms with E-state index in [4.69, 9.17) is 0 Å². The minimum Gasteiger partial charge on any atom is -0.366 e. The molecule has 184 valence electrons. The number of carbonyl (C=O) groups excluding carboxylic acids is 3. The fourth-order valence-corrected chi connectivity index (χ4v) is 3.76. The number of amides is 2. The number of alkyl halides is 3. The van der Waals surface area contributed by atoms with Crippen LogP contribution in [-0.2, 0) is 17.8 Å². The van der Waals surface area contributed by atoms with Gasteiger partial charge in [-0.15, -0.1) is 0 Å². The molecule has 0 radical (unpaired) electrons. The second-order valence-corrected chi connectivity index (χ2v) is 7.99. The largest absolute Gasteiger partial charge is 0.416 e. The number of hydrogen-bond donors (Lipinski definition) is 4. The topological polar surface area (TPSA) is 121 Å². The minimum atomic E-state index is -5.30. The summed E-state index contributed by atoms with van der Waals surface area (Å²) in [5.74, 6) is -6.29. The number of nitrogens with zero attached hydrogens (tertiary/aromatic N) is 1. The third kappa shape index (κ3) is 4.28. The monoisotopic (exact) mass is 489 g/mol. The molecule has 2 aromatic rings. The molecule has 1 aromatic carbocycles. The average Bonchev–Trinajstić information content (AvgIpc) is 3.28. The van der Waals surface area contributed by atoms with Crippen LogP contribution in [0.5, 0.6) is 0 Å². The number of benzene rings is 1. The average molecular weight is 489 g/mol. The van der Waals surface area contributed by atoms with Crippen molar-refractivity contribution in [2.75, 3.05) is 5.32 Å². The summed E-state index contributed by atoms with van der Waals surface area (Å²) in [6.07, 6.45) is -7.64. The summed E-state index contributed by atoms with van der Waals surface area (Å²) in [6.45, 7) is 1.89. The van der Waals surface area contributed by atoms with Crippen LogP contribution in [0.4, 0.5) is 27.6 Å². The third-order valence-corrected chi connectivity index (χ3v) is 5.71. The lowest BCUT2D eigenvalue weighted by molar-refractivity contribution is -0.255. The molecule has 2 heterocycles. The Morgan fingerprint density at radius 1 is 1.12 bits per heavy atom. The number of hydrogen-bond acceptors (Lipinski definition) is 5. The Kier molecular flexibility index (Phi) is 6.55. The summed E-state index contributed by atoms with van der Waals surface area (Å²) in [7, 11) is 0. The van der Waals surface area contributed by atoms with Crippen molar-refractivity contribution in [1.29, 1.82) is 0 Å². The molecule has 0 fully saturated rings. The number of anilines is 1. The predicted octanol–water partition coefficient (Wildman–Crippen LogP) is 2.20. The molecule has 1 aromatic heterocycles. The van der Waals surface area contributed by atoms with Crippen LogP contribution in [0.15, 0.2) is 18.2 Å². The number of aliphatic hydroxyl groups is 2. The highest BCUT2D eigenvalue weighted by molar-refractivity contribution is 6.44. The second kappa shape index (κ2) is 8.80. The smallest absolute Gasteiger partial charge is 0.366 e. The van der Waals surface area contributed by atoms with Crippen molar-refractivity contribution in [3.8, 4) is 0 Å². The van der Waals surface area contributed by atoms with Gasteiger partial charge in [0.1, 0.15) is 5.69 Å². The number of Topliss-reactive ketones (excluding diaryl/α,β-unsaturated/α-hetero) is 1. The number of ketones is 1. The molecule has 1 atom stereocenters. The van der Waals surface area contributed by atoms with Gasteiger partial charge in [0, 0.05) is 24.0 Å². The molecule has 0 spiro atoms. The maximum atomic E-state index is 13.5. The van der Waals surface area contributed by atoms with Gasteiger partial charge in [0.15, 0.2) is 23.5 Å². The lowest BCUT2D eigenvalue weighted by Crippen LogP contribution is -2.64. The van der Waals surface area contributed by atoms with E-state index in [0.29, 0.717) is 13.3 Å². The molecule has 34 heavy (non-hydrogen) atoms. The first-order valence-electron chi connectivity index (χ1n) is 9.97. The molecule has 0 aliphatic carbocycles. The van der Waals surface area contributed by atoms with E-state index >= 15 is 0 Å². The lowest BCUT2D eigenvalue weighted by Gasteiger charge is -2.33. The molecule has 1 aliphatic rings. The number of aromatic nitrogens is 1. The summed E-state index contributed by atoms with van der Waals surface area (Å²) in [5.41, 5.74) is -3.74. The van der Waals surface area contributed by atoms with Gasteiger partial charge in [0.25, 0.3) is 17.6 Å². The Labute approximate surface area is 189 Å².